The number of nitrogens with zero attached hydrogens (tertiary/aromatic N) is 3. The van der Waals surface area contributed by atoms with Gasteiger partial charge in [0.25, 0.3) is 0 Å². The summed E-state index contributed by atoms with van der Waals surface area (Å²) in [6.07, 6.45) is 5.52. The zero-order valence-electron chi connectivity index (χ0n) is 8.23. The Morgan fingerprint density at radius 3 is 2.64 bits per heavy atom. The summed E-state index contributed by atoms with van der Waals surface area (Å²) in [5, 5.41) is 2.98. The van der Waals surface area contributed by atoms with Crippen molar-refractivity contribution in [3.05, 3.63) is 36.5 Å². The molecule has 0 spiro atoms. The lowest BCUT2D eigenvalue weighted by Gasteiger charge is -2.05. The fraction of sp³-hybridized carbons (Fsp3) is 0.200. The molecule has 2 heterocycles. The third-order valence-corrected chi connectivity index (χ3v) is 2.11. The van der Waals surface area contributed by atoms with E-state index in [9.17, 15) is 0 Å². The highest BCUT2D eigenvalue weighted by molar-refractivity contribution is 5.40. The summed E-state index contributed by atoms with van der Waals surface area (Å²) in [4.78, 5) is 8.39. The highest BCUT2D eigenvalue weighted by Crippen LogP contribution is 2.10. The number of hydrogen-bond donors (Lipinski definition) is 1. The molecule has 2 aromatic heterocycles. The lowest BCUT2D eigenvalue weighted by molar-refractivity contribution is 0.965. The molecule has 4 heteroatoms. The maximum Gasteiger partial charge on any atom is 0.125 e. The average Bonchev–Trinajstić information content (AvgIpc) is 2.65. The second-order valence-electron chi connectivity index (χ2n) is 3.00. The molecule has 0 unspecified atom stereocenters. The molecule has 0 bridgehead atoms. The number of hydrogen-bond acceptors (Lipinski definition) is 3. The fourth-order valence-electron chi connectivity index (χ4n) is 1.33. The average molecular weight is 188 g/mol. The molecule has 2 aromatic rings. The number of rotatable bonds is 2. The Morgan fingerprint density at radius 2 is 2.14 bits per heavy atom. The smallest absolute Gasteiger partial charge is 0.125 e. The predicted octanol–water partition coefficient (Wildman–Crippen LogP) is 1.62. The van der Waals surface area contributed by atoms with Crippen LogP contribution in [-0.4, -0.2) is 21.6 Å². The summed E-state index contributed by atoms with van der Waals surface area (Å²) in [7, 11) is 1.85. The van der Waals surface area contributed by atoms with Crippen LogP contribution in [0.2, 0.25) is 0 Å². The second-order valence-corrected chi connectivity index (χ2v) is 3.00. The maximum atomic E-state index is 4.23. The van der Waals surface area contributed by atoms with Gasteiger partial charge in [-0.3, -0.25) is 0 Å². The van der Waals surface area contributed by atoms with Crippen molar-refractivity contribution in [3.8, 4) is 5.69 Å². The maximum absolute atomic E-state index is 4.23. The number of imidazole rings is 1. The van der Waals surface area contributed by atoms with Crippen LogP contribution in [0.3, 0.4) is 0 Å². The number of anilines is 1. The summed E-state index contributed by atoms with van der Waals surface area (Å²) in [6.45, 7) is 1.96. The van der Waals surface area contributed by atoms with Crippen molar-refractivity contribution in [2.45, 2.75) is 6.92 Å². The van der Waals surface area contributed by atoms with Crippen molar-refractivity contribution in [1.82, 2.24) is 14.5 Å². The Kier molecular flexibility index (Phi) is 2.18. The van der Waals surface area contributed by atoms with Gasteiger partial charge in [-0.1, -0.05) is 0 Å². The first-order valence-electron chi connectivity index (χ1n) is 4.45. The molecule has 0 aliphatic carbocycles. The lowest BCUT2D eigenvalue weighted by atomic mass is 10.4. The molecule has 0 saturated heterocycles. The quantitative estimate of drug-likeness (QED) is 0.778. The summed E-state index contributed by atoms with van der Waals surface area (Å²) < 4.78 is 1.99. The molecular formula is C10H12N4. The van der Waals surface area contributed by atoms with Crippen LogP contribution >= 0.6 is 0 Å². The molecule has 4 nitrogen and oxygen atoms in total. The Labute approximate surface area is 82.6 Å². The van der Waals surface area contributed by atoms with Gasteiger partial charge in [-0.15, -0.1) is 0 Å². The number of pyridine rings is 1. The van der Waals surface area contributed by atoms with Crippen LogP contribution in [0, 0.1) is 6.92 Å². The Morgan fingerprint density at radius 1 is 1.29 bits per heavy atom. The van der Waals surface area contributed by atoms with Gasteiger partial charge in [-0.05, 0) is 19.1 Å². The summed E-state index contributed by atoms with van der Waals surface area (Å²) in [6, 6.07) is 3.95. The van der Waals surface area contributed by atoms with Crippen molar-refractivity contribution in [1.29, 1.82) is 0 Å². The van der Waals surface area contributed by atoms with E-state index in [1.54, 1.807) is 6.20 Å². The van der Waals surface area contributed by atoms with E-state index in [0.717, 1.165) is 17.3 Å². The van der Waals surface area contributed by atoms with E-state index < -0.39 is 0 Å². The van der Waals surface area contributed by atoms with Gasteiger partial charge in [0.05, 0.1) is 11.9 Å². The standard InChI is InChI=1S/C10H12N4/c1-8-12-5-6-14(8)9-3-4-10(11-2)13-7-9/h3-7H,1-2H3,(H,11,13). The van der Waals surface area contributed by atoms with Crippen LogP contribution in [0.1, 0.15) is 5.82 Å². The Balaban J connectivity index is 2.39. The van der Waals surface area contributed by atoms with Gasteiger partial charge in [-0.2, -0.15) is 0 Å². The number of aromatic nitrogens is 3. The molecule has 0 aliphatic heterocycles. The molecule has 0 saturated carbocycles. The fourth-order valence-corrected chi connectivity index (χ4v) is 1.33. The molecule has 0 fully saturated rings. The SMILES string of the molecule is CNc1ccc(-n2ccnc2C)cn1. The van der Waals surface area contributed by atoms with E-state index in [1.807, 2.05) is 43.1 Å². The molecule has 14 heavy (non-hydrogen) atoms. The molecule has 72 valence electrons. The minimum atomic E-state index is 0.867. The molecule has 0 atom stereocenters. The topological polar surface area (TPSA) is 42.7 Å². The lowest BCUT2D eigenvalue weighted by Crippen LogP contribution is -1.98. The van der Waals surface area contributed by atoms with Gasteiger partial charge in [-0.25, -0.2) is 9.97 Å². The zero-order valence-corrected chi connectivity index (χ0v) is 8.23. The molecular weight excluding hydrogens is 176 g/mol. The largest absolute Gasteiger partial charge is 0.373 e. The first-order chi connectivity index (χ1) is 6.81. The van der Waals surface area contributed by atoms with Gasteiger partial charge >= 0.3 is 0 Å². The van der Waals surface area contributed by atoms with Crippen molar-refractivity contribution in [3.63, 3.8) is 0 Å². The molecule has 2 rings (SSSR count). The first-order valence-corrected chi connectivity index (χ1v) is 4.45. The van der Waals surface area contributed by atoms with Crippen LogP contribution in [-0.2, 0) is 0 Å². The third kappa shape index (κ3) is 1.46. The van der Waals surface area contributed by atoms with Crippen LogP contribution < -0.4 is 5.32 Å². The normalized spacial score (nSPS) is 10.1. The van der Waals surface area contributed by atoms with Gasteiger partial charge < -0.3 is 9.88 Å². The van der Waals surface area contributed by atoms with E-state index in [2.05, 4.69) is 15.3 Å². The Bertz CT molecular complexity index is 416. The van der Waals surface area contributed by atoms with Crippen molar-refractivity contribution in [2.75, 3.05) is 12.4 Å². The Hall–Kier alpha value is -1.84. The van der Waals surface area contributed by atoms with Gasteiger partial charge in [0.1, 0.15) is 11.6 Å². The van der Waals surface area contributed by atoms with Crippen LogP contribution in [0.15, 0.2) is 30.7 Å². The first kappa shape index (κ1) is 8.74. The third-order valence-electron chi connectivity index (χ3n) is 2.11. The molecule has 1 N–H and O–H groups in total. The van der Waals surface area contributed by atoms with Gasteiger partial charge in [0.2, 0.25) is 0 Å². The molecule has 0 aromatic carbocycles. The highest BCUT2D eigenvalue weighted by Gasteiger charge is 1.99. The van der Waals surface area contributed by atoms with Crippen molar-refractivity contribution < 1.29 is 0 Å². The summed E-state index contributed by atoms with van der Waals surface area (Å²) in [5.41, 5.74) is 1.03. The predicted molar refractivity (Wildman–Crippen MR) is 55.6 cm³/mol. The van der Waals surface area contributed by atoms with Crippen molar-refractivity contribution in [2.24, 2.45) is 0 Å². The number of aryl methyl sites for hydroxylation is 1. The van der Waals surface area contributed by atoms with Gasteiger partial charge in [0, 0.05) is 19.4 Å². The summed E-state index contributed by atoms with van der Waals surface area (Å²) in [5.74, 6) is 1.83. The molecule has 0 aliphatic rings. The minimum absolute atomic E-state index is 0.867. The van der Waals surface area contributed by atoms with E-state index in [-0.39, 0.29) is 0 Å². The van der Waals surface area contributed by atoms with Gasteiger partial charge in [0.15, 0.2) is 0 Å². The second kappa shape index (κ2) is 3.49. The van der Waals surface area contributed by atoms with E-state index in [4.69, 9.17) is 0 Å². The van der Waals surface area contributed by atoms with Crippen LogP contribution in [0.25, 0.3) is 5.69 Å². The highest BCUT2D eigenvalue weighted by atomic mass is 15.1. The van der Waals surface area contributed by atoms with E-state index >= 15 is 0 Å². The summed E-state index contributed by atoms with van der Waals surface area (Å²) >= 11 is 0. The van der Waals surface area contributed by atoms with E-state index in [1.165, 1.54) is 0 Å². The zero-order chi connectivity index (χ0) is 9.97. The van der Waals surface area contributed by atoms with Crippen LogP contribution in [0.4, 0.5) is 5.82 Å². The molecule has 0 radical (unpaired) electrons. The van der Waals surface area contributed by atoms with Crippen LogP contribution in [0.5, 0.6) is 0 Å². The monoisotopic (exact) mass is 188 g/mol. The minimum Gasteiger partial charge on any atom is -0.373 e. The number of nitrogens with one attached hydrogen (secondary N) is 1. The van der Waals surface area contributed by atoms with Crippen molar-refractivity contribution >= 4 is 5.82 Å². The van der Waals surface area contributed by atoms with E-state index in [0.29, 0.717) is 0 Å². The molecule has 0 amide bonds.